The summed E-state index contributed by atoms with van der Waals surface area (Å²) < 4.78 is 10.5. The molecule has 11 heteroatoms. The first-order valence-corrected chi connectivity index (χ1v) is 8.11. The zero-order chi connectivity index (χ0) is 20.1. The van der Waals surface area contributed by atoms with Crippen molar-refractivity contribution in [2.45, 2.75) is 57.1 Å². The number of aliphatic carboxylic acids is 1. The maximum Gasteiger partial charge on any atom is 0.305 e. The highest BCUT2D eigenvalue weighted by atomic mass is 16.7. The van der Waals surface area contributed by atoms with Crippen LogP contribution in [-0.2, 0) is 19.1 Å². The Morgan fingerprint density at radius 1 is 1.19 bits per heavy atom. The van der Waals surface area contributed by atoms with Crippen LogP contribution in [0.25, 0.3) is 0 Å². The number of aliphatic hydroxyl groups excluding tert-OH is 5. The third-order valence-electron chi connectivity index (χ3n) is 4.09. The van der Waals surface area contributed by atoms with E-state index >= 15 is 0 Å². The molecule has 1 heterocycles. The van der Waals surface area contributed by atoms with Crippen LogP contribution in [0.1, 0.15) is 20.3 Å². The van der Waals surface area contributed by atoms with E-state index in [2.05, 4.69) is 5.32 Å². The summed E-state index contributed by atoms with van der Waals surface area (Å²) in [5.41, 5.74) is -1.15. The lowest BCUT2D eigenvalue weighted by atomic mass is 9.87. The van der Waals surface area contributed by atoms with Crippen LogP contribution in [0.15, 0.2) is 0 Å². The normalized spacial score (nSPS) is 30.7. The molecule has 11 nitrogen and oxygen atoms in total. The van der Waals surface area contributed by atoms with Gasteiger partial charge in [-0.2, -0.15) is 0 Å². The van der Waals surface area contributed by atoms with Crippen molar-refractivity contribution in [1.29, 1.82) is 0 Å². The molecule has 0 spiro atoms. The predicted molar refractivity (Wildman–Crippen MR) is 84.8 cm³/mol. The summed E-state index contributed by atoms with van der Waals surface area (Å²) >= 11 is 0. The molecule has 1 saturated heterocycles. The maximum absolute atomic E-state index is 11.9. The Labute approximate surface area is 150 Å². The number of carbonyl (C=O) groups excluding carboxylic acids is 1. The number of hydrogen-bond acceptors (Lipinski definition) is 9. The number of carboxylic acid groups (broad SMARTS) is 1. The van der Waals surface area contributed by atoms with E-state index in [1.165, 1.54) is 13.8 Å². The minimum atomic E-state index is -1.60. The Bertz CT molecular complexity index is 483. The van der Waals surface area contributed by atoms with Gasteiger partial charge in [0, 0.05) is 12.0 Å². The Balaban J connectivity index is 2.60. The highest BCUT2D eigenvalue weighted by molar-refractivity contribution is 5.81. The van der Waals surface area contributed by atoms with Crippen molar-refractivity contribution >= 4 is 11.9 Å². The third kappa shape index (κ3) is 5.84. The molecule has 1 fully saturated rings. The topological polar surface area (TPSA) is 186 Å². The van der Waals surface area contributed by atoms with Gasteiger partial charge in [0.1, 0.15) is 30.5 Å². The predicted octanol–water partition coefficient (Wildman–Crippen LogP) is -3.22. The van der Waals surface area contributed by atoms with Crippen molar-refractivity contribution < 1.29 is 49.7 Å². The second-order valence-electron chi connectivity index (χ2n) is 6.83. The Hall–Kier alpha value is -1.34. The SMILES string of the molecule is CC(C)(COC1OC(CO)C(O)C(O)C1O)C(O)C(=O)NCCC(=O)O. The summed E-state index contributed by atoms with van der Waals surface area (Å²) in [5.74, 6) is -1.88. The molecular weight excluding hydrogens is 354 g/mol. The minimum absolute atomic E-state index is 0.144. The van der Waals surface area contributed by atoms with Gasteiger partial charge in [-0.25, -0.2) is 0 Å². The van der Waals surface area contributed by atoms with Crippen molar-refractivity contribution in [3.8, 4) is 0 Å². The maximum atomic E-state index is 11.9. The van der Waals surface area contributed by atoms with Gasteiger partial charge in [0.2, 0.25) is 5.91 Å². The fourth-order valence-corrected chi connectivity index (χ4v) is 2.33. The second-order valence-corrected chi connectivity index (χ2v) is 6.83. The van der Waals surface area contributed by atoms with Crippen LogP contribution in [-0.4, -0.2) is 99.1 Å². The zero-order valence-corrected chi connectivity index (χ0v) is 14.6. The average molecular weight is 381 g/mol. The van der Waals surface area contributed by atoms with E-state index in [1.807, 2.05) is 0 Å². The molecule has 152 valence electrons. The molecule has 1 amide bonds. The van der Waals surface area contributed by atoms with Crippen LogP contribution in [0.4, 0.5) is 0 Å². The van der Waals surface area contributed by atoms with E-state index in [-0.39, 0.29) is 19.6 Å². The van der Waals surface area contributed by atoms with Crippen LogP contribution < -0.4 is 5.32 Å². The third-order valence-corrected chi connectivity index (χ3v) is 4.09. The number of nitrogens with one attached hydrogen (secondary N) is 1. The van der Waals surface area contributed by atoms with Crippen molar-refractivity contribution in [1.82, 2.24) is 5.32 Å². The highest BCUT2D eigenvalue weighted by Crippen LogP contribution is 2.26. The van der Waals surface area contributed by atoms with Crippen LogP contribution >= 0.6 is 0 Å². The lowest BCUT2D eigenvalue weighted by Gasteiger charge is -2.41. The second kappa shape index (κ2) is 9.55. The first-order chi connectivity index (χ1) is 12.0. The average Bonchev–Trinajstić information content (AvgIpc) is 2.58. The summed E-state index contributed by atoms with van der Waals surface area (Å²) in [7, 11) is 0. The van der Waals surface area contributed by atoms with Crippen molar-refractivity contribution in [2.75, 3.05) is 19.8 Å². The molecule has 0 radical (unpaired) electrons. The van der Waals surface area contributed by atoms with Gasteiger partial charge in [-0.3, -0.25) is 9.59 Å². The molecule has 7 N–H and O–H groups in total. The lowest BCUT2D eigenvalue weighted by Crippen LogP contribution is -2.59. The van der Waals surface area contributed by atoms with Crippen LogP contribution in [0.3, 0.4) is 0 Å². The molecule has 0 saturated carbocycles. The van der Waals surface area contributed by atoms with Crippen molar-refractivity contribution in [3.05, 3.63) is 0 Å². The fourth-order valence-electron chi connectivity index (χ4n) is 2.33. The summed E-state index contributed by atoms with van der Waals surface area (Å²) in [4.78, 5) is 22.3. The quantitative estimate of drug-likeness (QED) is 0.214. The molecule has 26 heavy (non-hydrogen) atoms. The van der Waals surface area contributed by atoms with Crippen molar-refractivity contribution in [3.63, 3.8) is 0 Å². The number of amides is 1. The van der Waals surface area contributed by atoms with Crippen molar-refractivity contribution in [2.24, 2.45) is 5.41 Å². The molecular formula is C15H27NO10. The number of rotatable bonds is 9. The number of carbonyl (C=O) groups is 2. The number of ether oxygens (including phenoxy) is 2. The molecule has 6 unspecified atom stereocenters. The summed E-state index contributed by atoms with van der Waals surface area (Å²) in [6, 6.07) is 0. The van der Waals surface area contributed by atoms with Gasteiger partial charge in [-0.05, 0) is 0 Å². The standard InChI is InChI=1S/C15H27NO10/c1-15(2,12(23)13(24)16-4-3-8(18)19)6-25-14-11(22)10(21)9(20)7(5-17)26-14/h7,9-12,14,17,20-23H,3-6H2,1-2H3,(H,16,24)(H,18,19). The Kier molecular flexibility index (Phi) is 8.34. The Morgan fingerprint density at radius 2 is 1.81 bits per heavy atom. The van der Waals surface area contributed by atoms with Crippen LogP contribution in [0, 0.1) is 5.41 Å². The van der Waals surface area contributed by atoms with Gasteiger partial charge in [-0.1, -0.05) is 13.8 Å². The van der Waals surface area contributed by atoms with Gasteiger partial charge in [0.25, 0.3) is 0 Å². The van der Waals surface area contributed by atoms with E-state index in [0.717, 1.165) is 0 Å². The molecule has 6 atom stereocenters. The first-order valence-electron chi connectivity index (χ1n) is 8.11. The van der Waals surface area contributed by atoms with E-state index in [9.17, 15) is 30.0 Å². The van der Waals surface area contributed by atoms with Gasteiger partial charge < -0.3 is 45.4 Å². The molecule has 1 aliphatic rings. The van der Waals surface area contributed by atoms with Gasteiger partial charge in [-0.15, -0.1) is 0 Å². The molecule has 0 aromatic rings. The lowest BCUT2D eigenvalue weighted by molar-refractivity contribution is -0.306. The minimum Gasteiger partial charge on any atom is -0.481 e. The van der Waals surface area contributed by atoms with Gasteiger partial charge in [0.15, 0.2) is 6.29 Å². The summed E-state index contributed by atoms with van der Waals surface area (Å²) in [6.07, 6.45) is -9.06. The Morgan fingerprint density at radius 3 is 2.35 bits per heavy atom. The molecule has 1 rings (SSSR count). The summed E-state index contributed by atoms with van der Waals surface area (Å²) in [5, 5.41) is 59.4. The number of hydrogen-bond donors (Lipinski definition) is 7. The number of aliphatic hydroxyl groups is 5. The van der Waals surface area contributed by atoms with Gasteiger partial charge >= 0.3 is 5.97 Å². The number of carboxylic acids is 1. The molecule has 0 aromatic carbocycles. The largest absolute Gasteiger partial charge is 0.481 e. The molecule has 0 aliphatic carbocycles. The molecule has 1 aliphatic heterocycles. The highest BCUT2D eigenvalue weighted by Gasteiger charge is 2.45. The first kappa shape index (κ1) is 22.7. The monoisotopic (exact) mass is 381 g/mol. The fraction of sp³-hybridized carbons (Fsp3) is 0.867. The van der Waals surface area contributed by atoms with E-state index < -0.39 is 60.7 Å². The van der Waals surface area contributed by atoms with E-state index in [0.29, 0.717) is 0 Å². The zero-order valence-electron chi connectivity index (χ0n) is 14.6. The van der Waals surface area contributed by atoms with E-state index in [4.69, 9.17) is 19.7 Å². The van der Waals surface area contributed by atoms with E-state index in [1.54, 1.807) is 0 Å². The van der Waals surface area contributed by atoms with Crippen LogP contribution in [0.5, 0.6) is 0 Å². The molecule has 0 bridgehead atoms. The van der Waals surface area contributed by atoms with Crippen LogP contribution in [0.2, 0.25) is 0 Å². The smallest absolute Gasteiger partial charge is 0.305 e. The van der Waals surface area contributed by atoms with Gasteiger partial charge in [0.05, 0.1) is 19.6 Å². The summed E-state index contributed by atoms with van der Waals surface area (Å²) in [6.45, 7) is 1.97. The molecule has 0 aromatic heterocycles.